The lowest BCUT2D eigenvalue weighted by molar-refractivity contribution is 0.0922. The van der Waals surface area contributed by atoms with Crippen LogP contribution in [0.4, 0.5) is 0 Å². The maximum atomic E-state index is 12.5. The first-order valence-electron chi connectivity index (χ1n) is 8.03. The minimum Gasteiger partial charge on any atom is -0.485 e. The number of rotatable bonds is 7. The lowest BCUT2D eigenvalue weighted by Crippen LogP contribution is -2.21. The van der Waals surface area contributed by atoms with Gasteiger partial charge in [0.2, 0.25) is 0 Å². The highest BCUT2D eigenvalue weighted by Crippen LogP contribution is 2.23. The molecule has 0 aliphatic carbocycles. The van der Waals surface area contributed by atoms with E-state index in [-0.39, 0.29) is 17.9 Å². The first-order valence-corrected chi connectivity index (χ1v) is 8.03. The average molecular weight is 337 g/mol. The standard InChI is InChI=1S/C20H19NO4/c1-24-13-12-21-11-10-16-17(20(21)23)8-5-9-19(16)25-14-18(22)15-6-3-2-4-7-15/h2-11H,12-14H2,1H3. The van der Waals surface area contributed by atoms with Crippen molar-refractivity contribution in [3.05, 3.63) is 76.7 Å². The lowest BCUT2D eigenvalue weighted by Gasteiger charge is -2.11. The summed E-state index contributed by atoms with van der Waals surface area (Å²) >= 11 is 0. The molecule has 0 saturated heterocycles. The van der Waals surface area contributed by atoms with Crippen molar-refractivity contribution < 1.29 is 14.3 Å². The van der Waals surface area contributed by atoms with E-state index in [0.717, 1.165) is 0 Å². The van der Waals surface area contributed by atoms with Gasteiger partial charge in [-0.2, -0.15) is 0 Å². The highest BCUT2D eigenvalue weighted by molar-refractivity contribution is 5.97. The van der Waals surface area contributed by atoms with Gasteiger partial charge < -0.3 is 14.0 Å². The number of carbonyl (C=O) groups is 1. The molecule has 0 bridgehead atoms. The van der Waals surface area contributed by atoms with E-state index in [4.69, 9.17) is 9.47 Å². The predicted molar refractivity (Wildman–Crippen MR) is 96.4 cm³/mol. The topological polar surface area (TPSA) is 57.5 Å². The van der Waals surface area contributed by atoms with Crippen LogP contribution in [0.2, 0.25) is 0 Å². The van der Waals surface area contributed by atoms with Gasteiger partial charge in [0, 0.05) is 30.8 Å². The van der Waals surface area contributed by atoms with Gasteiger partial charge in [-0.05, 0) is 18.2 Å². The fourth-order valence-electron chi connectivity index (χ4n) is 2.63. The number of pyridine rings is 1. The number of fused-ring (bicyclic) bond motifs is 1. The molecular formula is C20H19NO4. The van der Waals surface area contributed by atoms with Gasteiger partial charge in [-0.3, -0.25) is 9.59 Å². The number of ketones is 1. The molecule has 2 aromatic carbocycles. The number of aromatic nitrogens is 1. The van der Waals surface area contributed by atoms with Crippen molar-refractivity contribution in [2.75, 3.05) is 20.3 Å². The van der Waals surface area contributed by atoms with Crippen molar-refractivity contribution in [2.45, 2.75) is 6.54 Å². The van der Waals surface area contributed by atoms with Crippen LogP contribution in [-0.2, 0) is 11.3 Å². The highest BCUT2D eigenvalue weighted by atomic mass is 16.5. The Balaban J connectivity index is 1.84. The second-order valence-corrected chi connectivity index (χ2v) is 5.60. The van der Waals surface area contributed by atoms with Gasteiger partial charge in [0.05, 0.1) is 12.0 Å². The number of benzene rings is 2. The molecule has 0 amide bonds. The van der Waals surface area contributed by atoms with Crippen molar-refractivity contribution in [3.63, 3.8) is 0 Å². The summed E-state index contributed by atoms with van der Waals surface area (Å²) in [6, 6.07) is 16.1. The minimum absolute atomic E-state index is 0.0735. The zero-order chi connectivity index (χ0) is 17.6. The third kappa shape index (κ3) is 3.78. The van der Waals surface area contributed by atoms with Crippen LogP contribution in [0.1, 0.15) is 10.4 Å². The van der Waals surface area contributed by atoms with Crippen molar-refractivity contribution >= 4 is 16.6 Å². The molecule has 0 aliphatic rings. The maximum absolute atomic E-state index is 12.5. The van der Waals surface area contributed by atoms with Crippen LogP contribution in [0.3, 0.4) is 0 Å². The number of hydrogen-bond donors (Lipinski definition) is 0. The normalized spacial score (nSPS) is 10.8. The van der Waals surface area contributed by atoms with Crippen LogP contribution < -0.4 is 10.3 Å². The molecule has 128 valence electrons. The highest BCUT2D eigenvalue weighted by Gasteiger charge is 2.10. The number of Topliss-reactive ketones (excluding diaryl/α,β-unsaturated/α-hetero) is 1. The summed E-state index contributed by atoms with van der Waals surface area (Å²) < 4.78 is 12.3. The van der Waals surface area contributed by atoms with Gasteiger partial charge in [-0.15, -0.1) is 0 Å². The molecule has 0 aliphatic heterocycles. The number of hydrogen-bond acceptors (Lipinski definition) is 4. The molecule has 0 atom stereocenters. The van der Waals surface area contributed by atoms with E-state index in [1.165, 1.54) is 0 Å². The van der Waals surface area contributed by atoms with Crippen molar-refractivity contribution in [3.8, 4) is 5.75 Å². The van der Waals surface area contributed by atoms with E-state index < -0.39 is 0 Å². The molecule has 1 heterocycles. The van der Waals surface area contributed by atoms with Crippen LogP contribution in [0.15, 0.2) is 65.6 Å². The van der Waals surface area contributed by atoms with Crippen LogP contribution >= 0.6 is 0 Å². The third-order valence-electron chi connectivity index (χ3n) is 3.97. The van der Waals surface area contributed by atoms with E-state index in [1.54, 1.807) is 48.2 Å². The molecule has 0 fully saturated rings. The SMILES string of the molecule is COCCn1ccc2c(OCC(=O)c3ccccc3)cccc2c1=O. The van der Waals surface area contributed by atoms with Crippen LogP contribution in [0.5, 0.6) is 5.75 Å². The summed E-state index contributed by atoms with van der Waals surface area (Å²) in [5.41, 5.74) is 0.499. The van der Waals surface area contributed by atoms with E-state index in [0.29, 0.717) is 35.2 Å². The van der Waals surface area contributed by atoms with Crippen molar-refractivity contribution in [2.24, 2.45) is 0 Å². The van der Waals surface area contributed by atoms with E-state index >= 15 is 0 Å². The van der Waals surface area contributed by atoms with Gasteiger partial charge in [-0.25, -0.2) is 0 Å². The lowest BCUT2D eigenvalue weighted by atomic mass is 10.1. The van der Waals surface area contributed by atoms with Gasteiger partial charge in [0.1, 0.15) is 5.75 Å². The zero-order valence-electron chi connectivity index (χ0n) is 14.0. The minimum atomic E-state index is -0.106. The first kappa shape index (κ1) is 16.9. The molecule has 0 unspecified atom stereocenters. The molecule has 3 aromatic rings. The fraction of sp³-hybridized carbons (Fsp3) is 0.200. The van der Waals surface area contributed by atoms with Gasteiger partial charge in [-0.1, -0.05) is 36.4 Å². The Morgan fingerprint density at radius 2 is 1.80 bits per heavy atom. The van der Waals surface area contributed by atoms with Crippen molar-refractivity contribution in [1.82, 2.24) is 4.57 Å². The third-order valence-corrected chi connectivity index (χ3v) is 3.97. The monoisotopic (exact) mass is 337 g/mol. The molecule has 5 heteroatoms. The van der Waals surface area contributed by atoms with Crippen LogP contribution in [0, 0.1) is 0 Å². The molecule has 0 radical (unpaired) electrons. The maximum Gasteiger partial charge on any atom is 0.258 e. The summed E-state index contributed by atoms with van der Waals surface area (Å²) in [6.45, 7) is 0.881. The molecule has 0 N–H and O–H groups in total. The van der Waals surface area contributed by atoms with Gasteiger partial charge in [0.15, 0.2) is 12.4 Å². The molecule has 3 rings (SSSR count). The summed E-state index contributed by atoms with van der Waals surface area (Å²) in [5.74, 6) is 0.420. The molecule has 0 spiro atoms. The molecule has 25 heavy (non-hydrogen) atoms. The van der Waals surface area contributed by atoms with E-state index in [9.17, 15) is 9.59 Å². The fourth-order valence-corrected chi connectivity index (χ4v) is 2.63. The second-order valence-electron chi connectivity index (χ2n) is 5.60. The largest absolute Gasteiger partial charge is 0.485 e. The summed E-state index contributed by atoms with van der Waals surface area (Å²) in [5, 5.41) is 1.25. The van der Waals surface area contributed by atoms with Gasteiger partial charge >= 0.3 is 0 Å². The molecule has 1 aromatic heterocycles. The smallest absolute Gasteiger partial charge is 0.258 e. The summed E-state index contributed by atoms with van der Waals surface area (Å²) in [7, 11) is 1.60. The number of methoxy groups -OCH3 is 1. The molecular weight excluding hydrogens is 318 g/mol. The Morgan fingerprint density at radius 1 is 1.00 bits per heavy atom. The second kappa shape index (κ2) is 7.77. The number of carbonyl (C=O) groups excluding carboxylic acids is 1. The van der Waals surface area contributed by atoms with Crippen molar-refractivity contribution in [1.29, 1.82) is 0 Å². The Hall–Kier alpha value is -2.92. The Labute approximate surface area is 145 Å². The predicted octanol–water partition coefficient (Wildman–Crippen LogP) is 2.91. The zero-order valence-corrected chi connectivity index (χ0v) is 14.0. The Bertz CT molecular complexity index is 931. The number of nitrogens with zero attached hydrogens (tertiary/aromatic N) is 1. The van der Waals surface area contributed by atoms with Gasteiger partial charge in [0.25, 0.3) is 5.56 Å². The van der Waals surface area contributed by atoms with E-state index in [1.807, 2.05) is 24.3 Å². The first-order chi connectivity index (χ1) is 12.2. The Morgan fingerprint density at radius 3 is 2.56 bits per heavy atom. The molecule has 0 saturated carbocycles. The summed E-state index contributed by atoms with van der Waals surface area (Å²) in [4.78, 5) is 24.7. The quantitative estimate of drug-likeness (QED) is 0.622. The van der Waals surface area contributed by atoms with Crippen LogP contribution in [0.25, 0.3) is 10.8 Å². The van der Waals surface area contributed by atoms with E-state index in [2.05, 4.69) is 0 Å². The average Bonchev–Trinajstić information content (AvgIpc) is 2.66. The Kier molecular flexibility index (Phi) is 5.26. The molecule has 5 nitrogen and oxygen atoms in total. The van der Waals surface area contributed by atoms with Crippen LogP contribution in [-0.4, -0.2) is 30.7 Å². The summed E-state index contributed by atoms with van der Waals surface area (Å²) in [6.07, 6.45) is 1.72. The number of ether oxygens (including phenoxy) is 2.